The molecule has 0 aliphatic carbocycles. The predicted octanol–water partition coefficient (Wildman–Crippen LogP) is 2.57. The Bertz CT molecular complexity index is 812. The van der Waals surface area contributed by atoms with E-state index < -0.39 is 0 Å². The van der Waals surface area contributed by atoms with Gasteiger partial charge in [0.05, 0.1) is 32.2 Å². The molecule has 1 aromatic carbocycles. The van der Waals surface area contributed by atoms with E-state index in [4.69, 9.17) is 9.47 Å². The van der Waals surface area contributed by atoms with E-state index in [2.05, 4.69) is 18.4 Å². The number of hydrogen-bond acceptors (Lipinski definition) is 4. The zero-order valence-electron chi connectivity index (χ0n) is 18.0. The number of carbonyl (C=O) groups excluding carboxylic acids is 1. The molecule has 158 valence electrons. The third-order valence-electron chi connectivity index (χ3n) is 5.98. The molecule has 0 unspecified atom stereocenters. The monoisotopic (exact) mass is 417 g/mol. The highest BCUT2D eigenvalue weighted by atomic mass is 32.1. The molecule has 1 amide bonds. The number of aryl methyl sites for hydroxylation is 1. The number of rotatable bonds is 8. The molecule has 1 N–H and O–H groups in total. The largest absolute Gasteiger partial charge is 0.493 e. The SMILES string of the molecule is COc1ccc(CCN(C)C(=O)C2CC[NH+](Cc3sccc3C)CC2)cc1OC. The lowest BCUT2D eigenvalue weighted by Crippen LogP contribution is -3.11. The van der Waals surface area contributed by atoms with Crippen LogP contribution in [-0.2, 0) is 17.8 Å². The summed E-state index contributed by atoms with van der Waals surface area (Å²) in [6.07, 6.45) is 2.78. The summed E-state index contributed by atoms with van der Waals surface area (Å²) in [5.41, 5.74) is 2.54. The van der Waals surface area contributed by atoms with Crippen molar-refractivity contribution in [2.75, 3.05) is 40.9 Å². The number of hydrogen-bond donors (Lipinski definition) is 1. The molecule has 29 heavy (non-hydrogen) atoms. The third kappa shape index (κ3) is 5.52. The average Bonchev–Trinajstić information content (AvgIpc) is 3.16. The van der Waals surface area contributed by atoms with Gasteiger partial charge in [0, 0.05) is 32.4 Å². The number of likely N-dealkylation sites (tertiary alicyclic amines) is 1. The summed E-state index contributed by atoms with van der Waals surface area (Å²) in [6.45, 7) is 6.17. The van der Waals surface area contributed by atoms with E-state index in [1.165, 1.54) is 10.4 Å². The van der Waals surface area contributed by atoms with Gasteiger partial charge in [0.1, 0.15) is 6.54 Å². The molecule has 0 radical (unpaired) electrons. The standard InChI is InChI=1S/C23H32N2O3S/c1-17-10-14-29-22(17)16-25-12-8-19(9-13-25)23(26)24(2)11-7-18-5-6-20(27-3)21(15-18)28-4/h5-6,10,14-15,19H,7-9,11-13,16H2,1-4H3/p+1. The molecule has 0 bridgehead atoms. The van der Waals surface area contributed by atoms with Crippen molar-refractivity contribution in [3.63, 3.8) is 0 Å². The highest BCUT2D eigenvalue weighted by Gasteiger charge is 2.29. The maximum atomic E-state index is 12.9. The summed E-state index contributed by atoms with van der Waals surface area (Å²) in [5, 5.41) is 2.17. The maximum absolute atomic E-state index is 12.9. The fourth-order valence-electron chi connectivity index (χ4n) is 4.02. The Morgan fingerprint density at radius 3 is 2.52 bits per heavy atom. The fourth-order valence-corrected chi connectivity index (χ4v) is 4.99. The number of thiophene rings is 1. The number of benzene rings is 1. The lowest BCUT2D eigenvalue weighted by molar-refractivity contribution is -0.919. The number of nitrogens with zero attached hydrogens (tertiary/aromatic N) is 1. The van der Waals surface area contributed by atoms with E-state index in [-0.39, 0.29) is 11.8 Å². The Labute approximate surface area is 178 Å². The second kappa shape index (κ2) is 10.1. The topological polar surface area (TPSA) is 43.2 Å². The van der Waals surface area contributed by atoms with E-state index in [0.717, 1.165) is 62.5 Å². The first-order chi connectivity index (χ1) is 14.0. The number of nitrogens with one attached hydrogen (secondary N) is 1. The van der Waals surface area contributed by atoms with Gasteiger partial charge in [-0.2, -0.15) is 0 Å². The van der Waals surface area contributed by atoms with Crippen LogP contribution in [0.15, 0.2) is 29.6 Å². The van der Waals surface area contributed by atoms with Crippen LogP contribution >= 0.6 is 11.3 Å². The van der Waals surface area contributed by atoms with E-state index in [1.807, 2.05) is 41.5 Å². The number of quaternary nitrogens is 1. The molecule has 0 spiro atoms. The minimum atomic E-state index is 0.165. The molecule has 0 atom stereocenters. The van der Waals surface area contributed by atoms with Gasteiger partial charge in [-0.25, -0.2) is 0 Å². The van der Waals surface area contributed by atoms with Crippen molar-refractivity contribution in [2.45, 2.75) is 32.7 Å². The normalized spacial score (nSPS) is 19.0. The van der Waals surface area contributed by atoms with Crippen LogP contribution in [0.25, 0.3) is 0 Å². The average molecular weight is 418 g/mol. The molecule has 3 rings (SSSR count). The number of methoxy groups -OCH3 is 2. The molecule has 2 aromatic rings. The first-order valence-corrected chi connectivity index (χ1v) is 11.2. The smallest absolute Gasteiger partial charge is 0.225 e. The van der Waals surface area contributed by atoms with Gasteiger partial charge in [-0.05, 0) is 48.1 Å². The Balaban J connectivity index is 1.46. The first kappa shape index (κ1) is 21.7. The van der Waals surface area contributed by atoms with Gasteiger partial charge in [0.2, 0.25) is 5.91 Å². The maximum Gasteiger partial charge on any atom is 0.225 e. The highest BCUT2D eigenvalue weighted by molar-refractivity contribution is 7.10. The minimum absolute atomic E-state index is 0.165. The molecule has 1 aromatic heterocycles. The van der Waals surface area contributed by atoms with Crippen LogP contribution in [0.1, 0.15) is 28.8 Å². The first-order valence-electron chi connectivity index (χ1n) is 10.3. The van der Waals surface area contributed by atoms with Crippen LogP contribution in [0.5, 0.6) is 11.5 Å². The third-order valence-corrected chi connectivity index (χ3v) is 7.00. The van der Waals surface area contributed by atoms with E-state index in [0.29, 0.717) is 0 Å². The summed E-state index contributed by atoms with van der Waals surface area (Å²) in [5.74, 6) is 1.92. The summed E-state index contributed by atoms with van der Waals surface area (Å²) in [4.78, 5) is 17.9. The second-order valence-electron chi connectivity index (χ2n) is 7.93. The van der Waals surface area contributed by atoms with Gasteiger partial charge >= 0.3 is 0 Å². The Hall–Kier alpha value is -2.05. The molecule has 1 aliphatic heterocycles. The van der Waals surface area contributed by atoms with Gasteiger partial charge in [-0.15, -0.1) is 11.3 Å². The fraction of sp³-hybridized carbons (Fsp3) is 0.522. The zero-order valence-corrected chi connectivity index (χ0v) is 18.8. The minimum Gasteiger partial charge on any atom is -0.493 e. The molecule has 1 saturated heterocycles. The van der Waals surface area contributed by atoms with Crippen LogP contribution in [0.2, 0.25) is 0 Å². The predicted molar refractivity (Wildman–Crippen MR) is 117 cm³/mol. The second-order valence-corrected chi connectivity index (χ2v) is 8.93. The molecule has 6 heteroatoms. The van der Waals surface area contributed by atoms with Crippen LogP contribution in [0, 0.1) is 12.8 Å². The Kier molecular flexibility index (Phi) is 7.56. The van der Waals surface area contributed by atoms with Crippen LogP contribution in [-0.4, -0.2) is 51.7 Å². The van der Waals surface area contributed by atoms with Crippen LogP contribution < -0.4 is 14.4 Å². The summed E-state index contributed by atoms with van der Waals surface area (Å²) >= 11 is 1.85. The number of likely N-dealkylation sites (N-methyl/N-ethyl adjacent to an activating group) is 1. The van der Waals surface area contributed by atoms with Crippen LogP contribution in [0.3, 0.4) is 0 Å². The van der Waals surface area contributed by atoms with Gasteiger partial charge < -0.3 is 19.3 Å². The van der Waals surface area contributed by atoms with Crippen LogP contribution in [0.4, 0.5) is 0 Å². The Morgan fingerprint density at radius 1 is 1.17 bits per heavy atom. The lowest BCUT2D eigenvalue weighted by atomic mass is 9.95. The van der Waals surface area contributed by atoms with Crippen molar-refractivity contribution in [1.82, 2.24) is 4.90 Å². The van der Waals surface area contributed by atoms with Crippen molar-refractivity contribution in [3.8, 4) is 11.5 Å². The van der Waals surface area contributed by atoms with Crippen molar-refractivity contribution >= 4 is 17.2 Å². The molecular formula is C23H33N2O3S+. The van der Waals surface area contributed by atoms with Gasteiger partial charge in [0.15, 0.2) is 11.5 Å². The molecule has 2 heterocycles. The summed E-state index contributed by atoms with van der Waals surface area (Å²) < 4.78 is 10.7. The number of amides is 1. The quantitative estimate of drug-likeness (QED) is 0.718. The van der Waals surface area contributed by atoms with E-state index in [9.17, 15) is 4.79 Å². The van der Waals surface area contributed by atoms with E-state index >= 15 is 0 Å². The van der Waals surface area contributed by atoms with Crippen molar-refractivity contribution in [1.29, 1.82) is 0 Å². The molecule has 0 saturated carbocycles. The van der Waals surface area contributed by atoms with Gasteiger partial charge in [0.25, 0.3) is 0 Å². The van der Waals surface area contributed by atoms with Crippen molar-refractivity contribution < 1.29 is 19.2 Å². The number of piperidine rings is 1. The Morgan fingerprint density at radius 2 is 1.90 bits per heavy atom. The number of ether oxygens (including phenoxy) is 2. The van der Waals surface area contributed by atoms with Gasteiger partial charge in [-0.1, -0.05) is 6.07 Å². The number of carbonyl (C=O) groups is 1. The van der Waals surface area contributed by atoms with Crippen molar-refractivity contribution in [3.05, 3.63) is 45.6 Å². The molecular weight excluding hydrogens is 384 g/mol. The highest BCUT2D eigenvalue weighted by Crippen LogP contribution is 2.27. The summed E-state index contributed by atoms with van der Waals surface area (Å²) in [7, 11) is 5.21. The van der Waals surface area contributed by atoms with Gasteiger partial charge in [-0.3, -0.25) is 4.79 Å². The lowest BCUT2D eigenvalue weighted by Gasteiger charge is -2.31. The molecule has 1 aliphatic rings. The zero-order chi connectivity index (χ0) is 20.8. The molecule has 5 nitrogen and oxygen atoms in total. The summed E-state index contributed by atoms with van der Waals surface area (Å²) in [6, 6.07) is 8.15. The van der Waals surface area contributed by atoms with Crippen molar-refractivity contribution in [2.24, 2.45) is 5.92 Å². The molecule has 1 fully saturated rings. The van der Waals surface area contributed by atoms with E-state index in [1.54, 1.807) is 19.1 Å².